The number of hydrogen-bond donors (Lipinski definition) is 0. The molecule has 1 aromatic rings. The first kappa shape index (κ1) is 26.0. The largest absolute Gasteiger partial charge is 0.393 e. The smallest absolute Gasteiger partial charge is 0.356 e. The van der Waals surface area contributed by atoms with Crippen LogP contribution in [0.15, 0.2) is 39.2 Å². The first-order valence-electron chi connectivity index (χ1n) is 10.9. The summed E-state index contributed by atoms with van der Waals surface area (Å²) in [6, 6.07) is 4.91. The number of amides is 1. The number of carbonyl (C=O) groups excluding carboxylic acids is 1. The van der Waals surface area contributed by atoms with E-state index in [9.17, 15) is 26.4 Å². The fourth-order valence-corrected chi connectivity index (χ4v) is 6.60. The number of thioether (sulfide) groups is 1. The molecule has 0 N–H and O–H groups in total. The van der Waals surface area contributed by atoms with Crippen molar-refractivity contribution < 1.29 is 26.4 Å². The highest BCUT2D eigenvalue weighted by molar-refractivity contribution is 8.04. The van der Waals surface area contributed by atoms with E-state index >= 15 is 0 Å². The number of rotatable bonds is 5. The molecule has 0 bridgehead atoms. The molecule has 13 heteroatoms. The van der Waals surface area contributed by atoms with Crippen LogP contribution in [0.1, 0.15) is 17.5 Å². The highest BCUT2D eigenvalue weighted by atomic mass is 35.5. The van der Waals surface area contributed by atoms with Crippen molar-refractivity contribution in [3.05, 3.63) is 45.3 Å². The van der Waals surface area contributed by atoms with E-state index in [2.05, 4.69) is 9.98 Å². The summed E-state index contributed by atoms with van der Waals surface area (Å²) in [5, 5.41) is 0.00697. The minimum Gasteiger partial charge on any atom is -0.356 e. The van der Waals surface area contributed by atoms with Crippen LogP contribution in [-0.2, 0) is 26.8 Å². The monoisotopic (exact) mass is 548 g/mol. The van der Waals surface area contributed by atoms with Gasteiger partial charge < -0.3 is 9.80 Å². The Balaban J connectivity index is 1.34. The zero-order chi connectivity index (χ0) is 25.4. The molecule has 2 unspecified atom stereocenters. The highest BCUT2D eigenvalue weighted by Crippen LogP contribution is 2.44. The Morgan fingerprint density at radius 3 is 2.57 bits per heavy atom. The summed E-state index contributed by atoms with van der Waals surface area (Å²) in [7, 11) is -3.19. The second-order valence-corrected chi connectivity index (χ2v) is 12.5. The number of amidine groups is 1. The van der Waals surface area contributed by atoms with E-state index in [4.69, 9.17) is 11.6 Å². The molecule has 1 amide bonds. The van der Waals surface area contributed by atoms with Gasteiger partial charge in [-0.25, -0.2) is 13.4 Å². The SMILES string of the molecule is CS(=O)(=O)Cc1ccc(CC(=O)N2CCN(C3=NC=NC4SC(CC(F)(F)F)=CC34)CC2)c(Cl)c1. The van der Waals surface area contributed by atoms with Crippen LogP contribution in [0.4, 0.5) is 13.2 Å². The van der Waals surface area contributed by atoms with Gasteiger partial charge in [-0.15, -0.1) is 11.8 Å². The Hall–Kier alpha value is -2.05. The molecule has 1 saturated heterocycles. The Kier molecular flexibility index (Phi) is 7.54. The van der Waals surface area contributed by atoms with Crippen LogP contribution < -0.4 is 0 Å². The standard InChI is InChI=1S/C22H24ClF3N4O3S2/c1-35(32,33)12-14-2-3-15(18(23)8-14)9-19(31)29-4-6-30(7-5-29)20-17-10-16(11-22(24,25)26)34-21(17)28-13-27-20/h2-3,8,10,13,17,21H,4-7,9,11-12H2,1H3. The van der Waals surface area contributed by atoms with Crippen molar-refractivity contribution in [3.63, 3.8) is 0 Å². The molecule has 35 heavy (non-hydrogen) atoms. The van der Waals surface area contributed by atoms with Crippen molar-refractivity contribution in [1.82, 2.24) is 9.80 Å². The zero-order valence-corrected chi connectivity index (χ0v) is 21.2. The molecular weight excluding hydrogens is 525 g/mol. The van der Waals surface area contributed by atoms with Gasteiger partial charge in [-0.2, -0.15) is 13.2 Å². The zero-order valence-electron chi connectivity index (χ0n) is 18.8. The molecule has 7 nitrogen and oxygen atoms in total. The predicted molar refractivity (Wildman–Crippen MR) is 131 cm³/mol. The third-order valence-electron chi connectivity index (χ3n) is 5.87. The van der Waals surface area contributed by atoms with Crippen LogP contribution >= 0.6 is 23.4 Å². The molecule has 3 aliphatic rings. The van der Waals surface area contributed by atoms with E-state index in [1.54, 1.807) is 29.2 Å². The number of piperazine rings is 1. The molecule has 1 aromatic carbocycles. The van der Waals surface area contributed by atoms with Gasteiger partial charge in [0.05, 0.1) is 24.5 Å². The number of aliphatic imine (C=N–C) groups is 2. The molecule has 0 spiro atoms. The van der Waals surface area contributed by atoms with Gasteiger partial charge in [0.2, 0.25) is 5.91 Å². The van der Waals surface area contributed by atoms with Crippen molar-refractivity contribution in [2.45, 2.75) is 30.1 Å². The first-order chi connectivity index (χ1) is 16.4. The topological polar surface area (TPSA) is 82.4 Å². The molecular formula is C22H24ClF3N4O3S2. The number of alkyl halides is 3. The summed E-state index contributed by atoms with van der Waals surface area (Å²) in [6.07, 6.45) is -0.973. The van der Waals surface area contributed by atoms with E-state index in [-0.39, 0.29) is 34.3 Å². The Morgan fingerprint density at radius 2 is 1.94 bits per heavy atom. The lowest BCUT2D eigenvalue weighted by atomic mass is 10.0. The van der Waals surface area contributed by atoms with Crippen LogP contribution in [0.25, 0.3) is 0 Å². The number of benzene rings is 1. The summed E-state index contributed by atoms with van der Waals surface area (Å²) in [5.74, 6) is 0.154. The van der Waals surface area contributed by atoms with E-state index in [1.807, 2.05) is 4.90 Å². The van der Waals surface area contributed by atoms with Crippen molar-refractivity contribution >= 4 is 51.3 Å². The molecule has 0 radical (unpaired) electrons. The molecule has 4 rings (SSSR count). The Labute approximate surface area is 211 Å². The average Bonchev–Trinajstić information content (AvgIpc) is 3.15. The first-order valence-corrected chi connectivity index (χ1v) is 14.2. The van der Waals surface area contributed by atoms with Crippen molar-refractivity contribution in [2.24, 2.45) is 15.9 Å². The highest BCUT2D eigenvalue weighted by Gasteiger charge is 2.40. The average molecular weight is 549 g/mol. The Bertz CT molecular complexity index is 1190. The van der Waals surface area contributed by atoms with Gasteiger partial charge in [-0.3, -0.25) is 9.79 Å². The number of allylic oxidation sites excluding steroid dienone is 1. The summed E-state index contributed by atoms with van der Waals surface area (Å²) in [6.45, 7) is 1.91. The number of nitrogens with zero attached hydrogens (tertiary/aromatic N) is 4. The third kappa shape index (κ3) is 6.79. The Morgan fingerprint density at radius 1 is 1.23 bits per heavy atom. The lowest BCUT2D eigenvalue weighted by molar-refractivity contribution is -0.131. The fourth-order valence-electron chi connectivity index (χ4n) is 4.30. The second kappa shape index (κ2) is 10.1. The van der Waals surface area contributed by atoms with Crippen molar-refractivity contribution in [3.8, 4) is 0 Å². The van der Waals surface area contributed by atoms with E-state index in [1.165, 1.54) is 6.34 Å². The fraction of sp³-hybridized carbons (Fsp3) is 0.500. The van der Waals surface area contributed by atoms with Gasteiger partial charge in [0.1, 0.15) is 17.5 Å². The van der Waals surface area contributed by atoms with Gasteiger partial charge in [-0.1, -0.05) is 29.8 Å². The number of hydrogen-bond acceptors (Lipinski definition) is 7. The molecule has 3 aliphatic heterocycles. The number of fused-ring (bicyclic) bond motifs is 1. The molecule has 0 aliphatic carbocycles. The van der Waals surface area contributed by atoms with Gasteiger partial charge >= 0.3 is 6.18 Å². The second-order valence-electron chi connectivity index (χ2n) is 8.75. The lowest BCUT2D eigenvalue weighted by Gasteiger charge is -2.39. The maximum Gasteiger partial charge on any atom is 0.393 e. The summed E-state index contributed by atoms with van der Waals surface area (Å²) >= 11 is 7.42. The normalized spacial score (nSPS) is 22.7. The van der Waals surface area contributed by atoms with Gasteiger partial charge in [0.15, 0.2) is 9.84 Å². The van der Waals surface area contributed by atoms with Crippen molar-refractivity contribution in [1.29, 1.82) is 0 Å². The third-order valence-corrected chi connectivity index (χ3v) is 8.31. The minimum absolute atomic E-state index is 0.0937. The molecule has 190 valence electrons. The van der Waals surface area contributed by atoms with E-state index < -0.39 is 22.4 Å². The summed E-state index contributed by atoms with van der Waals surface area (Å²) in [4.78, 5) is 25.4. The molecule has 3 heterocycles. The predicted octanol–water partition coefficient (Wildman–Crippen LogP) is 3.54. The molecule has 2 atom stereocenters. The maximum atomic E-state index is 12.9. The quantitative estimate of drug-likeness (QED) is 0.562. The van der Waals surface area contributed by atoms with Crippen LogP contribution in [0.2, 0.25) is 5.02 Å². The van der Waals surface area contributed by atoms with E-state index in [0.29, 0.717) is 48.2 Å². The summed E-state index contributed by atoms with van der Waals surface area (Å²) in [5.41, 5.74) is 1.19. The van der Waals surface area contributed by atoms with Crippen molar-refractivity contribution in [2.75, 3.05) is 32.4 Å². The maximum absolute atomic E-state index is 12.9. The van der Waals surface area contributed by atoms with Gasteiger partial charge in [0, 0.05) is 37.5 Å². The minimum atomic E-state index is -4.27. The number of halogens is 4. The number of sulfone groups is 1. The lowest BCUT2D eigenvalue weighted by Crippen LogP contribution is -2.53. The van der Waals surface area contributed by atoms with Crippen LogP contribution in [0, 0.1) is 5.92 Å². The van der Waals surface area contributed by atoms with E-state index in [0.717, 1.165) is 18.0 Å². The number of carbonyl (C=O) groups is 1. The van der Waals surface area contributed by atoms with Gasteiger partial charge in [-0.05, 0) is 22.1 Å². The van der Waals surface area contributed by atoms with Crippen LogP contribution in [-0.4, -0.2) is 80.3 Å². The van der Waals surface area contributed by atoms with Crippen LogP contribution in [0.3, 0.4) is 0 Å². The molecule has 1 fully saturated rings. The molecule has 0 saturated carbocycles. The molecule has 0 aromatic heterocycles. The summed E-state index contributed by atoms with van der Waals surface area (Å²) < 4.78 is 61.4. The van der Waals surface area contributed by atoms with Gasteiger partial charge in [0.25, 0.3) is 0 Å². The van der Waals surface area contributed by atoms with Crippen LogP contribution in [0.5, 0.6) is 0 Å².